The lowest BCUT2D eigenvalue weighted by molar-refractivity contribution is 0.0168. The molecule has 1 fully saturated rings. The Hall–Kier alpha value is -1.63. The molecule has 1 aromatic carbocycles. The molecule has 2 unspecified atom stereocenters. The van der Waals surface area contributed by atoms with Gasteiger partial charge in [0.1, 0.15) is 0 Å². The zero-order chi connectivity index (χ0) is 17.7. The van der Waals surface area contributed by atoms with Gasteiger partial charge < -0.3 is 25.2 Å². The van der Waals surface area contributed by atoms with Crippen molar-refractivity contribution in [2.75, 3.05) is 46.6 Å². The second-order valence-corrected chi connectivity index (χ2v) is 6.23. The van der Waals surface area contributed by atoms with Crippen molar-refractivity contribution in [2.45, 2.75) is 31.3 Å². The zero-order valence-electron chi connectivity index (χ0n) is 15.1. The van der Waals surface area contributed by atoms with Gasteiger partial charge in [-0.25, -0.2) is 0 Å². The smallest absolute Gasteiger partial charge is 0.191 e. The van der Waals surface area contributed by atoms with E-state index in [9.17, 15) is 5.11 Å². The molecular formula is C19H31N3O3. The molecule has 1 heterocycles. The minimum absolute atomic E-state index is 0.0505. The first-order valence-electron chi connectivity index (χ1n) is 9.13. The first kappa shape index (κ1) is 19.7. The predicted molar refractivity (Wildman–Crippen MR) is 100 cm³/mol. The molecule has 6 heteroatoms. The van der Waals surface area contributed by atoms with Gasteiger partial charge in [-0.15, -0.1) is 0 Å². The van der Waals surface area contributed by atoms with Crippen LogP contribution in [0, 0.1) is 0 Å². The van der Waals surface area contributed by atoms with Gasteiger partial charge in [-0.2, -0.15) is 0 Å². The number of aliphatic hydroxyl groups excluding tert-OH is 1. The molecule has 0 bridgehead atoms. The Morgan fingerprint density at radius 3 is 2.88 bits per heavy atom. The normalized spacial score (nSPS) is 19.0. The monoisotopic (exact) mass is 349 g/mol. The van der Waals surface area contributed by atoms with Crippen molar-refractivity contribution in [3.8, 4) is 0 Å². The maximum atomic E-state index is 9.60. The molecule has 1 aromatic rings. The van der Waals surface area contributed by atoms with Gasteiger partial charge in [-0.05, 0) is 24.8 Å². The van der Waals surface area contributed by atoms with Crippen LogP contribution in [0.15, 0.2) is 35.3 Å². The predicted octanol–water partition coefficient (Wildman–Crippen LogP) is 1.51. The minimum Gasteiger partial charge on any atom is -0.396 e. The number of nitrogens with zero attached hydrogens (tertiary/aromatic N) is 1. The molecule has 140 valence electrons. The largest absolute Gasteiger partial charge is 0.396 e. The van der Waals surface area contributed by atoms with E-state index in [-0.39, 0.29) is 18.6 Å². The fourth-order valence-corrected chi connectivity index (χ4v) is 2.83. The van der Waals surface area contributed by atoms with Crippen molar-refractivity contribution < 1.29 is 14.6 Å². The van der Waals surface area contributed by atoms with E-state index < -0.39 is 0 Å². The number of nitrogens with one attached hydrogen (secondary N) is 2. The van der Waals surface area contributed by atoms with Gasteiger partial charge in [-0.1, -0.05) is 30.3 Å². The van der Waals surface area contributed by atoms with Gasteiger partial charge in [0.25, 0.3) is 0 Å². The second kappa shape index (κ2) is 11.8. The van der Waals surface area contributed by atoms with Crippen LogP contribution in [0.5, 0.6) is 0 Å². The van der Waals surface area contributed by atoms with Gasteiger partial charge in [-0.3, -0.25) is 4.99 Å². The van der Waals surface area contributed by atoms with Crippen molar-refractivity contribution in [3.63, 3.8) is 0 Å². The summed E-state index contributed by atoms with van der Waals surface area (Å²) in [4.78, 5) is 4.22. The summed E-state index contributed by atoms with van der Waals surface area (Å²) in [6.45, 7) is 3.81. The Morgan fingerprint density at radius 2 is 2.20 bits per heavy atom. The average Bonchev–Trinajstić information content (AvgIpc) is 3.17. The number of hydrogen-bond acceptors (Lipinski definition) is 4. The summed E-state index contributed by atoms with van der Waals surface area (Å²) < 4.78 is 11.2. The lowest BCUT2D eigenvalue weighted by Crippen LogP contribution is -2.40. The Balaban J connectivity index is 1.58. The lowest BCUT2D eigenvalue weighted by atomic mass is 10.0. The SMILES string of the molecule is CN=C(NCCCOCC1CCCO1)NCC(CO)c1ccccc1. The van der Waals surface area contributed by atoms with E-state index in [0.29, 0.717) is 19.8 Å². The standard InChI is InChI=1S/C19H31N3O3/c1-20-19(21-10-6-11-24-15-18-9-5-12-25-18)22-13-17(14-23)16-7-3-2-4-8-16/h2-4,7-8,17-18,23H,5-6,9-15H2,1H3,(H2,20,21,22). The highest BCUT2D eigenvalue weighted by Gasteiger charge is 2.15. The number of hydrogen-bond donors (Lipinski definition) is 3. The molecule has 6 nitrogen and oxygen atoms in total. The lowest BCUT2D eigenvalue weighted by Gasteiger charge is -2.18. The van der Waals surface area contributed by atoms with Gasteiger partial charge >= 0.3 is 0 Å². The maximum Gasteiger partial charge on any atom is 0.191 e. The van der Waals surface area contributed by atoms with Crippen LogP contribution in [-0.2, 0) is 9.47 Å². The maximum absolute atomic E-state index is 9.60. The molecule has 1 saturated heterocycles. The quantitative estimate of drug-likeness (QED) is 0.339. The van der Waals surface area contributed by atoms with Crippen LogP contribution in [-0.4, -0.2) is 63.7 Å². The third kappa shape index (κ3) is 7.42. The number of guanidine groups is 1. The molecule has 2 atom stereocenters. The summed E-state index contributed by atoms with van der Waals surface area (Å²) in [5.74, 6) is 0.794. The summed E-state index contributed by atoms with van der Waals surface area (Å²) in [5.41, 5.74) is 1.12. The van der Waals surface area contributed by atoms with Crippen LogP contribution in [0.25, 0.3) is 0 Å². The van der Waals surface area contributed by atoms with Gasteiger partial charge in [0.2, 0.25) is 0 Å². The van der Waals surface area contributed by atoms with Crippen LogP contribution in [0.3, 0.4) is 0 Å². The molecule has 2 rings (SSSR count). The molecule has 0 amide bonds. The molecule has 0 spiro atoms. The molecule has 1 aliphatic rings. The van der Waals surface area contributed by atoms with Gasteiger partial charge in [0.15, 0.2) is 5.96 Å². The van der Waals surface area contributed by atoms with E-state index in [1.165, 1.54) is 0 Å². The Bertz CT molecular complexity index is 490. The summed E-state index contributed by atoms with van der Waals surface area (Å²) in [5, 5.41) is 16.1. The molecule has 0 aromatic heterocycles. The van der Waals surface area contributed by atoms with E-state index in [4.69, 9.17) is 9.47 Å². The molecule has 25 heavy (non-hydrogen) atoms. The van der Waals surface area contributed by atoms with Crippen molar-refractivity contribution >= 4 is 5.96 Å². The van der Waals surface area contributed by atoms with Crippen LogP contribution in [0.4, 0.5) is 0 Å². The number of rotatable bonds is 10. The Morgan fingerprint density at radius 1 is 1.36 bits per heavy atom. The molecule has 0 aliphatic carbocycles. The van der Waals surface area contributed by atoms with Crippen LogP contribution < -0.4 is 10.6 Å². The molecule has 3 N–H and O–H groups in total. The van der Waals surface area contributed by atoms with Crippen molar-refractivity contribution in [2.24, 2.45) is 4.99 Å². The number of aliphatic imine (C=N–C) groups is 1. The van der Waals surface area contributed by atoms with Crippen LogP contribution in [0.1, 0.15) is 30.7 Å². The van der Waals surface area contributed by atoms with E-state index in [1.807, 2.05) is 30.3 Å². The number of ether oxygens (including phenoxy) is 2. The highest BCUT2D eigenvalue weighted by Crippen LogP contribution is 2.13. The molecular weight excluding hydrogens is 318 g/mol. The van der Waals surface area contributed by atoms with E-state index >= 15 is 0 Å². The average molecular weight is 349 g/mol. The van der Waals surface area contributed by atoms with Crippen molar-refractivity contribution in [3.05, 3.63) is 35.9 Å². The Labute approximate surface area is 150 Å². The molecule has 0 saturated carbocycles. The first-order chi connectivity index (χ1) is 12.3. The summed E-state index contributed by atoms with van der Waals surface area (Å²) in [6.07, 6.45) is 3.46. The summed E-state index contributed by atoms with van der Waals surface area (Å²) in [6, 6.07) is 10.0. The first-order valence-corrected chi connectivity index (χ1v) is 9.13. The topological polar surface area (TPSA) is 75.1 Å². The van der Waals surface area contributed by atoms with Crippen molar-refractivity contribution in [1.29, 1.82) is 0 Å². The van der Waals surface area contributed by atoms with E-state index in [2.05, 4.69) is 15.6 Å². The van der Waals surface area contributed by atoms with Crippen molar-refractivity contribution in [1.82, 2.24) is 10.6 Å². The fraction of sp³-hybridized carbons (Fsp3) is 0.632. The zero-order valence-corrected chi connectivity index (χ0v) is 15.1. The van der Waals surface area contributed by atoms with Crippen LogP contribution >= 0.6 is 0 Å². The number of benzene rings is 1. The fourth-order valence-electron chi connectivity index (χ4n) is 2.83. The Kier molecular flexibility index (Phi) is 9.33. The van der Waals surface area contributed by atoms with Gasteiger partial charge in [0.05, 0.1) is 19.3 Å². The third-order valence-electron chi connectivity index (χ3n) is 4.32. The summed E-state index contributed by atoms with van der Waals surface area (Å²) in [7, 11) is 1.75. The summed E-state index contributed by atoms with van der Waals surface area (Å²) >= 11 is 0. The minimum atomic E-state index is 0.0505. The third-order valence-corrected chi connectivity index (χ3v) is 4.32. The van der Waals surface area contributed by atoms with Gasteiger partial charge in [0, 0.05) is 39.3 Å². The van der Waals surface area contributed by atoms with E-state index in [0.717, 1.165) is 43.9 Å². The highest BCUT2D eigenvalue weighted by atomic mass is 16.5. The van der Waals surface area contributed by atoms with Crippen LogP contribution in [0.2, 0.25) is 0 Å². The molecule has 1 aliphatic heterocycles. The van der Waals surface area contributed by atoms with E-state index in [1.54, 1.807) is 7.05 Å². The number of aliphatic hydroxyl groups is 1. The second-order valence-electron chi connectivity index (χ2n) is 6.23. The molecule has 0 radical (unpaired) electrons. The highest BCUT2D eigenvalue weighted by molar-refractivity contribution is 5.79.